The lowest BCUT2D eigenvalue weighted by Crippen LogP contribution is -2.30. The summed E-state index contributed by atoms with van der Waals surface area (Å²) in [4.78, 5) is 37.5. The van der Waals surface area contributed by atoms with Crippen LogP contribution in [-0.4, -0.2) is 37.2 Å². The number of esters is 3. The zero-order chi connectivity index (χ0) is 39.4. The van der Waals surface area contributed by atoms with E-state index in [4.69, 9.17) is 14.2 Å². The third-order valence-corrected chi connectivity index (χ3v) is 8.65. The fraction of sp³-hybridized carbons (Fsp3) is 0.646. The second kappa shape index (κ2) is 42.3. The number of hydrogen-bond acceptors (Lipinski definition) is 6. The second-order valence-electron chi connectivity index (χ2n) is 13.8. The molecule has 0 saturated heterocycles. The van der Waals surface area contributed by atoms with Gasteiger partial charge >= 0.3 is 17.9 Å². The van der Waals surface area contributed by atoms with Gasteiger partial charge < -0.3 is 14.2 Å². The van der Waals surface area contributed by atoms with Crippen molar-refractivity contribution in [2.75, 3.05) is 13.2 Å². The summed E-state index contributed by atoms with van der Waals surface area (Å²) in [5.74, 6) is -1.13. The smallest absolute Gasteiger partial charge is 0.309 e. The molecule has 0 bridgehead atoms. The molecule has 54 heavy (non-hydrogen) atoms. The molecule has 0 amide bonds. The van der Waals surface area contributed by atoms with Crippen molar-refractivity contribution in [1.82, 2.24) is 0 Å². The van der Waals surface area contributed by atoms with Crippen molar-refractivity contribution in [2.24, 2.45) is 0 Å². The zero-order valence-corrected chi connectivity index (χ0v) is 34.7. The van der Waals surface area contributed by atoms with Crippen LogP contribution in [0.3, 0.4) is 0 Å². The van der Waals surface area contributed by atoms with Gasteiger partial charge in [0.25, 0.3) is 0 Å². The highest BCUT2D eigenvalue weighted by Gasteiger charge is 2.19. The maximum absolute atomic E-state index is 12.6. The van der Waals surface area contributed by atoms with Gasteiger partial charge in [-0.15, -0.1) is 0 Å². The Kier molecular flexibility index (Phi) is 39.7. The molecule has 0 saturated carbocycles. The van der Waals surface area contributed by atoms with Gasteiger partial charge in [-0.1, -0.05) is 164 Å². The van der Waals surface area contributed by atoms with E-state index >= 15 is 0 Å². The first-order chi connectivity index (χ1) is 26.5. The van der Waals surface area contributed by atoms with E-state index in [1.165, 1.54) is 57.8 Å². The third-order valence-electron chi connectivity index (χ3n) is 8.65. The molecule has 6 heteroatoms. The van der Waals surface area contributed by atoms with Crippen molar-refractivity contribution >= 4 is 17.9 Å². The van der Waals surface area contributed by atoms with E-state index in [2.05, 4.69) is 93.7 Å². The Morgan fingerprint density at radius 1 is 0.407 bits per heavy atom. The predicted molar refractivity (Wildman–Crippen MR) is 228 cm³/mol. The molecule has 6 nitrogen and oxygen atoms in total. The number of hydrogen-bond donors (Lipinski definition) is 0. The minimum atomic E-state index is -0.838. The van der Waals surface area contributed by atoms with Crippen LogP contribution in [0, 0.1) is 0 Å². The van der Waals surface area contributed by atoms with Crippen LogP contribution in [0.4, 0.5) is 0 Å². The molecule has 0 aromatic rings. The normalized spacial score (nSPS) is 12.9. The summed E-state index contributed by atoms with van der Waals surface area (Å²) in [5.41, 5.74) is 0. The van der Waals surface area contributed by atoms with Gasteiger partial charge in [0.15, 0.2) is 6.10 Å². The summed E-state index contributed by atoms with van der Waals surface area (Å²) in [5, 5.41) is 0. The summed E-state index contributed by atoms with van der Waals surface area (Å²) in [6, 6.07) is 0. The summed E-state index contributed by atoms with van der Waals surface area (Å²) < 4.78 is 16.5. The third kappa shape index (κ3) is 39.8. The van der Waals surface area contributed by atoms with Gasteiger partial charge in [0.05, 0.1) is 6.42 Å². The van der Waals surface area contributed by atoms with Crippen molar-refractivity contribution in [3.05, 3.63) is 85.1 Å². The first-order valence-corrected chi connectivity index (χ1v) is 21.6. The molecular formula is C48H78O6. The molecule has 0 aromatic heterocycles. The van der Waals surface area contributed by atoms with Crippen LogP contribution in [0.15, 0.2) is 85.1 Å². The molecule has 0 aromatic carbocycles. The molecule has 0 radical (unpaired) electrons. The Hall–Kier alpha value is -3.41. The van der Waals surface area contributed by atoms with Gasteiger partial charge in [-0.3, -0.25) is 14.4 Å². The van der Waals surface area contributed by atoms with E-state index < -0.39 is 18.0 Å². The minimum Gasteiger partial charge on any atom is -0.462 e. The van der Waals surface area contributed by atoms with Gasteiger partial charge in [0.2, 0.25) is 0 Å². The van der Waals surface area contributed by atoms with Crippen LogP contribution < -0.4 is 0 Å². The average molecular weight is 751 g/mol. The van der Waals surface area contributed by atoms with Crippen LogP contribution in [0.1, 0.15) is 181 Å². The summed E-state index contributed by atoms with van der Waals surface area (Å²) >= 11 is 0. The quantitative estimate of drug-likeness (QED) is 0.0272. The van der Waals surface area contributed by atoms with Crippen LogP contribution in [0.2, 0.25) is 0 Å². The number of carbonyl (C=O) groups excluding carboxylic acids is 3. The van der Waals surface area contributed by atoms with E-state index in [1.807, 2.05) is 6.08 Å². The average Bonchev–Trinajstić information content (AvgIpc) is 3.17. The summed E-state index contributed by atoms with van der Waals surface area (Å²) in [6.07, 6.45) is 53.3. The van der Waals surface area contributed by atoms with Gasteiger partial charge in [0, 0.05) is 12.8 Å². The topological polar surface area (TPSA) is 78.9 Å². The number of unbranched alkanes of at least 4 members (excludes halogenated alkanes) is 13. The summed E-state index contributed by atoms with van der Waals surface area (Å²) in [7, 11) is 0. The highest BCUT2D eigenvalue weighted by atomic mass is 16.6. The van der Waals surface area contributed by atoms with Crippen LogP contribution in [0.5, 0.6) is 0 Å². The van der Waals surface area contributed by atoms with Crippen molar-refractivity contribution in [1.29, 1.82) is 0 Å². The van der Waals surface area contributed by atoms with E-state index in [0.717, 1.165) is 77.0 Å². The van der Waals surface area contributed by atoms with Gasteiger partial charge in [-0.25, -0.2) is 0 Å². The number of carbonyl (C=O) groups is 3. The fourth-order valence-electron chi connectivity index (χ4n) is 5.46. The van der Waals surface area contributed by atoms with Crippen molar-refractivity contribution < 1.29 is 28.6 Å². The van der Waals surface area contributed by atoms with E-state index in [9.17, 15) is 14.4 Å². The number of rotatable bonds is 37. The van der Waals surface area contributed by atoms with Gasteiger partial charge in [-0.05, 0) is 83.5 Å². The first-order valence-electron chi connectivity index (χ1n) is 21.6. The van der Waals surface area contributed by atoms with E-state index in [1.54, 1.807) is 6.08 Å². The molecule has 0 rings (SSSR count). The lowest BCUT2D eigenvalue weighted by molar-refractivity contribution is -0.166. The zero-order valence-electron chi connectivity index (χ0n) is 34.7. The monoisotopic (exact) mass is 751 g/mol. The number of ether oxygens (including phenoxy) is 3. The fourth-order valence-corrected chi connectivity index (χ4v) is 5.46. The second-order valence-corrected chi connectivity index (χ2v) is 13.8. The molecular weight excluding hydrogens is 673 g/mol. The molecule has 0 aliphatic heterocycles. The molecule has 0 N–H and O–H groups in total. The molecule has 0 spiro atoms. The molecule has 0 fully saturated rings. The number of allylic oxidation sites excluding steroid dienone is 13. The lowest BCUT2D eigenvalue weighted by atomic mass is 10.1. The largest absolute Gasteiger partial charge is 0.462 e. The van der Waals surface area contributed by atoms with Crippen molar-refractivity contribution in [3.8, 4) is 0 Å². The van der Waals surface area contributed by atoms with Crippen LogP contribution >= 0.6 is 0 Å². The van der Waals surface area contributed by atoms with Crippen molar-refractivity contribution in [3.63, 3.8) is 0 Å². The molecule has 0 aliphatic rings. The van der Waals surface area contributed by atoms with E-state index in [-0.39, 0.29) is 32.0 Å². The first kappa shape index (κ1) is 50.6. The predicted octanol–water partition coefficient (Wildman–Crippen LogP) is 13.7. The maximum atomic E-state index is 12.6. The summed E-state index contributed by atoms with van der Waals surface area (Å²) in [6.45, 7) is 6.21. The van der Waals surface area contributed by atoms with Gasteiger partial charge in [-0.2, -0.15) is 0 Å². The minimum absolute atomic E-state index is 0.122. The van der Waals surface area contributed by atoms with E-state index in [0.29, 0.717) is 12.8 Å². The molecule has 1 unspecified atom stereocenters. The highest BCUT2D eigenvalue weighted by Crippen LogP contribution is 2.12. The molecule has 1 atom stereocenters. The van der Waals surface area contributed by atoms with Crippen molar-refractivity contribution in [2.45, 2.75) is 187 Å². The molecule has 0 heterocycles. The standard InChI is InChI=1S/C48H78O6/c1-4-7-10-13-16-19-21-22-23-24-25-27-29-32-35-38-41-47(50)53-44-45(43-52-46(49)40-37-34-31-28-18-15-12-9-6-3)54-48(51)42-39-36-33-30-26-20-17-14-11-8-5-2/h8-9,11-12,17-18,20,23-24,28,30,33-34,37,45H,4-7,10,13-16,19,21-22,25-27,29,31-32,35-36,38-44H2,1-3H3/b11-8-,12-9-,20-17-,24-23-,28-18-,33-30-,37-34-. The van der Waals surface area contributed by atoms with Crippen LogP contribution in [0.25, 0.3) is 0 Å². The van der Waals surface area contributed by atoms with Crippen LogP contribution in [-0.2, 0) is 28.6 Å². The highest BCUT2D eigenvalue weighted by molar-refractivity contribution is 5.72. The Labute approximate surface area is 331 Å². The Morgan fingerprint density at radius 3 is 1.37 bits per heavy atom. The molecule has 0 aliphatic carbocycles. The maximum Gasteiger partial charge on any atom is 0.309 e. The Balaban J connectivity index is 4.48. The lowest BCUT2D eigenvalue weighted by Gasteiger charge is -2.18. The Morgan fingerprint density at radius 2 is 0.815 bits per heavy atom. The Bertz CT molecular complexity index is 1090. The van der Waals surface area contributed by atoms with Gasteiger partial charge in [0.1, 0.15) is 13.2 Å². The SMILES string of the molecule is CC/C=C\C/C=C\C/C=C\CCCC(=O)OC(COC(=O)C/C=C\C/C=C\C/C=C\CC)COC(=O)CCCCCCC/C=C\CCCCCCCCC. The molecule has 306 valence electrons.